The zero-order chi connectivity index (χ0) is 14.4. The minimum atomic E-state index is -0.151. The van der Waals surface area contributed by atoms with Crippen LogP contribution in [0.2, 0.25) is 0 Å². The quantitative estimate of drug-likeness (QED) is 0.845. The summed E-state index contributed by atoms with van der Waals surface area (Å²) in [5.74, 6) is 0.622. The molecule has 1 aliphatic rings. The molecule has 0 amide bonds. The van der Waals surface area contributed by atoms with Crippen LogP contribution in [0.15, 0.2) is 22.7 Å². The second-order valence-electron chi connectivity index (χ2n) is 5.66. The van der Waals surface area contributed by atoms with Crippen LogP contribution in [-0.4, -0.2) is 31.1 Å². The number of benzene rings is 1. The van der Waals surface area contributed by atoms with E-state index in [1.807, 2.05) is 0 Å². The monoisotopic (exact) mass is 342 g/mol. The van der Waals surface area contributed by atoms with E-state index in [0.717, 1.165) is 55.1 Å². The largest absolute Gasteiger partial charge is 0.317 e. The van der Waals surface area contributed by atoms with E-state index in [0.29, 0.717) is 0 Å². The Morgan fingerprint density at radius 1 is 1.35 bits per heavy atom. The summed E-state index contributed by atoms with van der Waals surface area (Å²) >= 11 is 3.53. The van der Waals surface area contributed by atoms with Crippen LogP contribution in [0.25, 0.3) is 0 Å². The summed E-state index contributed by atoms with van der Waals surface area (Å²) in [6.45, 7) is 7.50. The molecule has 0 radical (unpaired) electrons. The molecule has 0 aliphatic carbocycles. The predicted molar refractivity (Wildman–Crippen MR) is 85.3 cm³/mol. The van der Waals surface area contributed by atoms with E-state index in [-0.39, 0.29) is 5.82 Å². The third-order valence-electron chi connectivity index (χ3n) is 3.92. The van der Waals surface area contributed by atoms with Crippen molar-refractivity contribution in [1.82, 2.24) is 10.2 Å². The Labute approximate surface area is 129 Å². The zero-order valence-corrected chi connectivity index (χ0v) is 13.8. The van der Waals surface area contributed by atoms with Crippen LogP contribution in [0.3, 0.4) is 0 Å². The molecular weight excluding hydrogens is 319 g/mol. The van der Waals surface area contributed by atoms with Crippen molar-refractivity contribution in [3.8, 4) is 0 Å². The molecule has 1 saturated heterocycles. The fraction of sp³-hybridized carbons (Fsp3) is 0.625. The van der Waals surface area contributed by atoms with Gasteiger partial charge in [-0.15, -0.1) is 0 Å². The molecule has 2 rings (SSSR count). The third kappa shape index (κ3) is 4.83. The highest BCUT2D eigenvalue weighted by Crippen LogP contribution is 2.21. The minimum absolute atomic E-state index is 0.151. The van der Waals surface area contributed by atoms with Crippen LogP contribution < -0.4 is 5.32 Å². The van der Waals surface area contributed by atoms with Crippen LogP contribution in [0.4, 0.5) is 4.39 Å². The van der Waals surface area contributed by atoms with Crippen molar-refractivity contribution in [3.05, 3.63) is 34.1 Å². The second kappa shape index (κ2) is 8.11. The van der Waals surface area contributed by atoms with Gasteiger partial charge in [-0.2, -0.15) is 0 Å². The van der Waals surface area contributed by atoms with Gasteiger partial charge in [0.05, 0.1) is 0 Å². The molecule has 1 heterocycles. The van der Waals surface area contributed by atoms with Gasteiger partial charge in [-0.05, 0) is 68.6 Å². The van der Waals surface area contributed by atoms with Gasteiger partial charge in [0.15, 0.2) is 0 Å². The summed E-state index contributed by atoms with van der Waals surface area (Å²) < 4.78 is 14.4. The maximum absolute atomic E-state index is 13.4. The first kappa shape index (κ1) is 15.9. The lowest BCUT2D eigenvalue weighted by Crippen LogP contribution is -2.36. The number of piperidine rings is 1. The summed E-state index contributed by atoms with van der Waals surface area (Å²) in [6, 6.07) is 4.96. The number of hydrogen-bond donors (Lipinski definition) is 1. The van der Waals surface area contributed by atoms with Crippen molar-refractivity contribution in [2.24, 2.45) is 5.92 Å². The lowest BCUT2D eigenvalue weighted by atomic mass is 9.97. The van der Waals surface area contributed by atoms with Gasteiger partial charge in [0.1, 0.15) is 5.82 Å². The van der Waals surface area contributed by atoms with E-state index in [9.17, 15) is 4.39 Å². The van der Waals surface area contributed by atoms with Crippen molar-refractivity contribution < 1.29 is 4.39 Å². The van der Waals surface area contributed by atoms with Crippen molar-refractivity contribution in [2.75, 3.05) is 26.2 Å². The van der Waals surface area contributed by atoms with Crippen LogP contribution >= 0.6 is 15.9 Å². The molecule has 1 aromatic rings. The van der Waals surface area contributed by atoms with E-state index in [1.165, 1.54) is 18.9 Å². The summed E-state index contributed by atoms with van der Waals surface area (Å²) in [5.41, 5.74) is 1.05. The standard InChI is InChI=1S/C16H24BrFN2/c1-2-9-20(11-13-5-7-19-8-6-13)12-14-10-15(18)3-4-16(14)17/h3-4,10,13,19H,2,5-9,11-12H2,1H3. The van der Waals surface area contributed by atoms with E-state index in [4.69, 9.17) is 0 Å². The van der Waals surface area contributed by atoms with Gasteiger partial charge in [-0.25, -0.2) is 4.39 Å². The Balaban J connectivity index is 1.98. The molecule has 112 valence electrons. The minimum Gasteiger partial charge on any atom is -0.317 e. The first-order valence-electron chi connectivity index (χ1n) is 7.56. The normalized spacial score (nSPS) is 16.8. The maximum atomic E-state index is 13.4. The molecule has 20 heavy (non-hydrogen) atoms. The van der Waals surface area contributed by atoms with Crippen LogP contribution in [-0.2, 0) is 6.54 Å². The number of rotatable bonds is 6. The van der Waals surface area contributed by atoms with Crippen LogP contribution in [0, 0.1) is 11.7 Å². The number of hydrogen-bond acceptors (Lipinski definition) is 2. The van der Waals surface area contributed by atoms with E-state index < -0.39 is 0 Å². The Morgan fingerprint density at radius 2 is 2.10 bits per heavy atom. The summed E-state index contributed by atoms with van der Waals surface area (Å²) in [4.78, 5) is 2.47. The van der Waals surface area contributed by atoms with Gasteiger partial charge < -0.3 is 5.32 Å². The summed E-state index contributed by atoms with van der Waals surface area (Å²) in [5, 5.41) is 3.41. The fourth-order valence-electron chi connectivity index (χ4n) is 2.89. The van der Waals surface area contributed by atoms with E-state index >= 15 is 0 Å². The molecule has 1 aliphatic heterocycles. The maximum Gasteiger partial charge on any atom is 0.123 e. The lowest BCUT2D eigenvalue weighted by molar-refractivity contribution is 0.198. The summed E-state index contributed by atoms with van der Waals surface area (Å²) in [6.07, 6.45) is 3.65. The lowest BCUT2D eigenvalue weighted by Gasteiger charge is -2.30. The topological polar surface area (TPSA) is 15.3 Å². The molecule has 4 heteroatoms. The summed E-state index contributed by atoms with van der Waals surface area (Å²) in [7, 11) is 0. The molecule has 2 nitrogen and oxygen atoms in total. The van der Waals surface area contributed by atoms with Crippen LogP contribution in [0.5, 0.6) is 0 Å². The predicted octanol–water partition coefficient (Wildman–Crippen LogP) is 3.80. The molecular formula is C16H24BrFN2. The van der Waals surface area contributed by atoms with Crippen LogP contribution in [0.1, 0.15) is 31.7 Å². The first-order chi connectivity index (χ1) is 9.69. The first-order valence-corrected chi connectivity index (χ1v) is 8.35. The molecule has 1 N–H and O–H groups in total. The SMILES string of the molecule is CCCN(Cc1cc(F)ccc1Br)CC1CCNCC1. The molecule has 0 bridgehead atoms. The molecule has 0 atom stereocenters. The molecule has 0 saturated carbocycles. The third-order valence-corrected chi connectivity index (χ3v) is 4.69. The molecule has 0 unspecified atom stereocenters. The van der Waals surface area contributed by atoms with Crippen molar-refractivity contribution in [3.63, 3.8) is 0 Å². The van der Waals surface area contributed by atoms with Crippen molar-refractivity contribution in [1.29, 1.82) is 0 Å². The number of halogens is 2. The smallest absolute Gasteiger partial charge is 0.123 e. The Kier molecular flexibility index (Phi) is 6.46. The molecule has 0 aromatic heterocycles. The number of nitrogens with one attached hydrogen (secondary N) is 1. The highest BCUT2D eigenvalue weighted by Gasteiger charge is 2.17. The highest BCUT2D eigenvalue weighted by molar-refractivity contribution is 9.10. The van der Waals surface area contributed by atoms with Gasteiger partial charge in [-0.1, -0.05) is 22.9 Å². The number of nitrogens with zero attached hydrogens (tertiary/aromatic N) is 1. The average Bonchev–Trinajstić information content (AvgIpc) is 2.44. The average molecular weight is 343 g/mol. The Bertz CT molecular complexity index is 419. The highest BCUT2D eigenvalue weighted by atomic mass is 79.9. The van der Waals surface area contributed by atoms with Crippen molar-refractivity contribution >= 4 is 15.9 Å². The van der Waals surface area contributed by atoms with Gasteiger partial charge >= 0.3 is 0 Å². The molecule has 1 aromatic carbocycles. The van der Waals surface area contributed by atoms with Gasteiger partial charge in [0.2, 0.25) is 0 Å². The van der Waals surface area contributed by atoms with Crippen molar-refractivity contribution in [2.45, 2.75) is 32.7 Å². The van der Waals surface area contributed by atoms with Gasteiger partial charge in [0.25, 0.3) is 0 Å². The Hall–Kier alpha value is -0.450. The fourth-order valence-corrected chi connectivity index (χ4v) is 3.26. The van der Waals surface area contributed by atoms with E-state index in [2.05, 4.69) is 33.1 Å². The van der Waals surface area contributed by atoms with Gasteiger partial charge in [-0.3, -0.25) is 4.90 Å². The zero-order valence-electron chi connectivity index (χ0n) is 12.2. The molecule has 0 spiro atoms. The van der Waals surface area contributed by atoms with E-state index in [1.54, 1.807) is 12.1 Å². The Morgan fingerprint density at radius 3 is 2.80 bits per heavy atom. The van der Waals surface area contributed by atoms with Gasteiger partial charge in [0, 0.05) is 17.6 Å². The molecule has 1 fully saturated rings. The second-order valence-corrected chi connectivity index (χ2v) is 6.52.